The average Bonchev–Trinajstić information content (AvgIpc) is 3.31. The number of nitrogens with zero attached hydrogens (tertiary/aromatic N) is 2. The fraction of sp³-hybridized carbons (Fsp3) is 0.711. The topological polar surface area (TPSA) is 124 Å². The van der Waals surface area contributed by atoms with Crippen molar-refractivity contribution >= 4 is 17.8 Å². The van der Waals surface area contributed by atoms with Gasteiger partial charge in [0.05, 0.1) is 23.9 Å². The Morgan fingerprint density at radius 2 is 1.71 bits per heavy atom. The number of aliphatic hydroxyl groups is 1. The molecule has 1 amide bonds. The number of carbonyl (C=O) groups excluding carboxylic acids is 3. The second-order valence-corrected chi connectivity index (χ2v) is 15.1. The summed E-state index contributed by atoms with van der Waals surface area (Å²) in [6.45, 7) is 15.0. The summed E-state index contributed by atoms with van der Waals surface area (Å²) in [5, 5.41) is 11.4. The van der Waals surface area contributed by atoms with Crippen molar-refractivity contribution in [3.05, 3.63) is 47.5 Å². The van der Waals surface area contributed by atoms with Gasteiger partial charge in [0.25, 0.3) is 0 Å². The summed E-state index contributed by atoms with van der Waals surface area (Å²) in [5.41, 5.74) is -1.12. The molecule has 49 heavy (non-hydrogen) atoms. The van der Waals surface area contributed by atoms with Crippen LogP contribution in [0, 0.1) is 17.8 Å². The van der Waals surface area contributed by atoms with Crippen molar-refractivity contribution in [2.45, 2.75) is 135 Å². The van der Waals surface area contributed by atoms with Crippen molar-refractivity contribution in [1.82, 2.24) is 9.80 Å². The predicted molar refractivity (Wildman–Crippen MR) is 184 cm³/mol. The molecule has 0 radical (unpaired) electrons. The van der Waals surface area contributed by atoms with E-state index in [9.17, 15) is 19.5 Å². The first-order valence-electron chi connectivity index (χ1n) is 17.6. The number of aliphatic hydroxyl groups excluding tert-OH is 1. The van der Waals surface area contributed by atoms with Crippen molar-refractivity contribution < 1.29 is 43.2 Å². The van der Waals surface area contributed by atoms with E-state index in [4.69, 9.17) is 23.7 Å². The molecule has 11 heteroatoms. The van der Waals surface area contributed by atoms with Crippen LogP contribution in [0.5, 0.6) is 0 Å². The van der Waals surface area contributed by atoms with E-state index < -0.39 is 71.7 Å². The average molecular weight is 687 g/mol. The zero-order valence-electron chi connectivity index (χ0n) is 31.2. The molecular formula is C38H58N2O9. The van der Waals surface area contributed by atoms with Crippen molar-refractivity contribution in [3.63, 3.8) is 0 Å². The number of cyclic esters (lactones) is 1. The van der Waals surface area contributed by atoms with Gasteiger partial charge in [-0.25, -0.2) is 9.59 Å². The number of hydrogen-bond acceptors (Lipinski definition) is 10. The number of likely N-dealkylation sites (N-methyl/N-ethyl adjacent to an activating group) is 1. The number of esters is 1. The molecule has 0 aromatic heterocycles. The maximum atomic E-state index is 14.5. The Labute approximate surface area is 292 Å². The van der Waals surface area contributed by atoms with Crippen LogP contribution in [0.1, 0.15) is 80.2 Å². The lowest BCUT2D eigenvalue weighted by Crippen LogP contribution is -2.59. The Balaban J connectivity index is 1.79. The van der Waals surface area contributed by atoms with E-state index in [2.05, 4.69) is 0 Å². The SMILES string of the molecule is CCC1OC(=O)/C(C)=C/[C@H](C)[C@@H](O[C@@H]2O[C@H](C)C[C@H](N(C)C)[C@H]2O)[C@](C)(OC)C[C@@H](C)C(=O)[C@H](C)[C@H]2N(Cc3ccccc3)C(=O)O[C@]12C. The number of hydrogen-bond donors (Lipinski definition) is 1. The van der Waals surface area contributed by atoms with Gasteiger partial charge in [0.15, 0.2) is 11.9 Å². The van der Waals surface area contributed by atoms with E-state index in [1.54, 1.807) is 31.9 Å². The molecule has 0 saturated carbocycles. The summed E-state index contributed by atoms with van der Waals surface area (Å²) in [4.78, 5) is 45.5. The predicted octanol–water partition coefficient (Wildman–Crippen LogP) is 5.13. The Kier molecular flexibility index (Phi) is 12.4. The van der Waals surface area contributed by atoms with Crippen molar-refractivity contribution in [2.75, 3.05) is 21.2 Å². The lowest BCUT2D eigenvalue weighted by molar-refractivity contribution is -0.294. The maximum absolute atomic E-state index is 14.5. The van der Waals surface area contributed by atoms with Crippen LogP contribution in [-0.4, -0.2) is 108 Å². The van der Waals surface area contributed by atoms with E-state index in [-0.39, 0.29) is 30.9 Å². The van der Waals surface area contributed by atoms with Crippen LogP contribution in [0.4, 0.5) is 4.79 Å². The Morgan fingerprint density at radius 1 is 1.06 bits per heavy atom. The van der Waals surface area contributed by atoms with E-state index in [1.165, 1.54) is 0 Å². The second-order valence-electron chi connectivity index (χ2n) is 15.1. The minimum atomic E-state index is -1.30. The molecule has 274 valence electrons. The van der Waals surface area contributed by atoms with E-state index in [0.29, 0.717) is 18.4 Å². The summed E-state index contributed by atoms with van der Waals surface area (Å²) in [7, 11) is 5.41. The standard InChI is InChI=1S/C38H58N2O9/c1-12-29-38(8)32(40(36(44)49-38)21-27-16-14-13-15-17-27)26(6)30(41)24(4)20-37(7,45-11)33(22(2)18-23(3)34(43)47-29)48-35-31(42)28(39(9)10)19-25(5)46-35/h13-18,22,24-26,28-29,31-33,35,42H,12,19-21H2,1-11H3/b23-18+/t22-,24+,25+,26-,28-,29?,31+,32+,33+,35-,37+,38+/m0/s1. The fourth-order valence-electron chi connectivity index (χ4n) is 8.33. The zero-order valence-corrected chi connectivity index (χ0v) is 31.2. The minimum absolute atomic E-state index is 0.0810. The van der Waals surface area contributed by atoms with Gasteiger partial charge in [-0.2, -0.15) is 0 Å². The van der Waals surface area contributed by atoms with Gasteiger partial charge in [-0.05, 0) is 66.6 Å². The van der Waals surface area contributed by atoms with Crippen LogP contribution in [0.3, 0.4) is 0 Å². The number of carbonyl (C=O) groups is 3. The molecule has 0 spiro atoms. The number of rotatable bonds is 7. The van der Waals surface area contributed by atoms with Crippen LogP contribution >= 0.6 is 0 Å². The molecule has 1 aromatic rings. The lowest BCUT2D eigenvalue weighted by Gasteiger charge is -2.47. The fourth-order valence-corrected chi connectivity index (χ4v) is 8.33. The van der Waals surface area contributed by atoms with Gasteiger partial charge in [0.2, 0.25) is 0 Å². The first kappa shape index (κ1) is 39.0. The number of benzene rings is 1. The van der Waals surface area contributed by atoms with Gasteiger partial charge in [0, 0.05) is 43.0 Å². The summed E-state index contributed by atoms with van der Waals surface area (Å²) in [5.74, 6) is -2.29. The van der Waals surface area contributed by atoms with Crippen LogP contribution < -0.4 is 0 Å². The summed E-state index contributed by atoms with van der Waals surface area (Å²) < 4.78 is 31.3. The normalized spacial score (nSPS) is 40.6. The molecule has 12 atom stereocenters. The highest BCUT2D eigenvalue weighted by Crippen LogP contribution is 2.43. The van der Waals surface area contributed by atoms with Gasteiger partial charge in [-0.3, -0.25) is 9.69 Å². The number of ether oxygens (including phenoxy) is 5. The number of ketones is 1. The number of amides is 1. The molecule has 1 aromatic carbocycles. The summed E-state index contributed by atoms with van der Waals surface area (Å²) in [6, 6.07) is 8.63. The molecule has 1 unspecified atom stereocenters. The van der Waals surface area contributed by atoms with Gasteiger partial charge >= 0.3 is 12.1 Å². The van der Waals surface area contributed by atoms with Crippen LogP contribution in [0.25, 0.3) is 0 Å². The third-order valence-corrected chi connectivity index (χ3v) is 11.0. The molecule has 11 nitrogen and oxygen atoms in total. The summed E-state index contributed by atoms with van der Waals surface area (Å²) in [6.07, 6.45) is -1.17. The van der Waals surface area contributed by atoms with Crippen LogP contribution in [-0.2, 0) is 39.8 Å². The highest BCUT2D eigenvalue weighted by molar-refractivity contribution is 5.88. The van der Waals surface area contributed by atoms with Crippen molar-refractivity contribution in [1.29, 1.82) is 0 Å². The third kappa shape index (κ3) is 8.06. The number of methoxy groups -OCH3 is 1. The van der Waals surface area contributed by atoms with E-state index in [0.717, 1.165) is 5.56 Å². The van der Waals surface area contributed by atoms with E-state index in [1.807, 2.05) is 90.9 Å². The molecule has 4 rings (SSSR count). The largest absolute Gasteiger partial charge is 0.455 e. The molecule has 3 heterocycles. The van der Waals surface area contributed by atoms with Crippen LogP contribution in [0.15, 0.2) is 42.0 Å². The Bertz CT molecular complexity index is 1350. The molecule has 2 saturated heterocycles. The van der Waals surface area contributed by atoms with Gasteiger partial charge in [0.1, 0.15) is 18.0 Å². The van der Waals surface area contributed by atoms with Crippen molar-refractivity contribution in [3.8, 4) is 0 Å². The summed E-state index contributed by atoms with van der Waals surface area (Å²) >= 11 is 0. The first-order chi connectivity index (χ1) is 23.0. The minimum Gasteiger partial charge on any atom is -0.455 e. The maximum Gasteiger partial charge on any atom is 0.411 e. The highest BCUT2D eigenvalue weighted by atomic mass is 16.7. The second kappa shape index (κ2) is 15.6. The van der Waals surface area contributed by atoms with Crippen molar-refractivity contribution in [2.24, 2.45) is 17.8 Å². The molecule has 2 fully saturated rings. The zero-order chi connectivity index (χ0) is 36.4. The quantitative estimate of drug-likeness (QED) is 0.386. The monoisotopic (exact) mass is 686 g/mol. The molecule has 0 bridgehead atoms. The lowest BCUT2D eigenvalue weighted by atomic mass is 9.74. The first-order valence-corrected chi connectivity index (χ1v) is 17.6. The number of Topliss-reactive ketones (excluding diaryl/α,β-unsaturated/α-hetero) is 1. The van der Waals surface area contributed by atoms with Gasteiger partial charge < -0.3 is 33.7 Å². The van der Waals surface area contributed by atoms with Crippen LogP contribution in [0.2, 0.25) is 0 Å². The number of fused-ring (bicyclic) bond motifs is 1. The Hall–Kier alpha value is -2.83. The molecule has 3 aliphatic heterocycles. The highest BCUT2D eigenvalue weighted by Gasteiger charge is 2.60. The molecule has 0 aliphatic carbocycles. The smallest absolute Gasteiger partial charge is 0.411 e. The van der Waals surface area contributed by atoms with Gasteiger partial charge in [-0.1, -0.05) is 64.1 Å². The molecule has 3 aliphatic rings. The Morgan fingerprint density at radius 3 is 2.31 bits per heavy atom. The molecular weight excluding hydrogens is 628 g/mol. The van der Waals surface area contributed by atoms with Gasteiger partial charge in [-0.15, -0.1) is 0 Å². The molecule has 1 N–H and O–H groups in total. The van der Waals surface area contributed by atoms with E-state index >= 15 is 0 Å². The third-order valence-electron chi connectivity index (χ3n) is 11.0.